The molecule has 2 unspecified atom stereocenters. The maximum atomic E-state index is 13.2. The van der Waals surface area contributed by atoms with E-state index in [1.165, 1.54) is 18.9 Å². The monoisotopic (exact) mass is 450 g/mol. The highest BCUT2D eigenvalue weighted by Crippen LogP contribution is 2.66. The van der Waals surface area contributed by atoms with Gasteiger partial charge in [-0.25, -0.2) is 0 Å². The molecule has 0 aromatic heterocycles. The zero-order valence-corrected chi connectivity index (χ0v) is 20.3. The summed E-state index contributed by atoms with van der Waals surface area (Å²) in [5.41, 5.74) is 2.83. The van der Waals surface area contributed by atoms with Gasteiger partial charge in [-0.2, -0.15) is 0 Å². The van der Waals surface area contributed by atoms with E-state index >= 15 is 0 Å². The fraction of sp³-hybridized carbons (Fsp3) is 0.655. The molecule has 4 aliphatic carbocycles. The second-order valence-corrected chi connectivity index (χ2v) is 11.5. The lowest BCUT2D eigenvalue weighted by Crippen LogP contribution is -2.51. The Bertz CT molecular complexity index is 936. The maximum Gasteiger partial charge on any atom is 0.309 e. The second kappa shape index (κ2) is 8.60. The van der Waals surface area contributed by atoms with Crippen LogP contribution in [0.4, 0.5) is 0 Å². The molecule has 0 aliphatic heterocycles. The third-order valence-corrected chi connectivity index (χ3v) is 9.90. The number of hydrogen-bond acceptors (Lipinski definition) is 4. The average Bonchev–Trinajstić information content (AvgIpc) is 3.15. The van der Waals surface area contributed by atoms with E-state index in [9.17, 15) is 9.59 Å². The fourth-order valence-electron chi connectivity index (χ4n) is 8.18. The van der Waals surface area contributed by atoms with Crippen LogP contribution in [-0.2, 0) is 25.7 Å². The average molecular weight is 451 g/mol. The van der Waals surface area contributed by atoms with Gasteiger partial charge in [0.05, 0.1) is 5.92 Å². The van der Waals surface area contributed by atoms with Crippen LogP contribution in [0.5, 0.6) is 0 Å². The Balaban J connectivity index is 1.29. The molecular formula is C29H38O4. The molecule has 3 fully saturated rings. The summed E-state index contributed by atoms with van der Waals surface area (Å²) in [6.07, 6.45) is 11.0. The molecule has 4 aliphatic rings. The van der Waals surface area contributed by atoms with Crippen LogP contribution in [0.2, 0.25) is 0 Å². The van der Waals surface area contributed by atoms with Crippen molar-refractivity contribution < 1.29 is 19.1 Å². The van der Waals surface area contributed by atoms with Gasteiger partial charge in [0.25, 0.3) is 0 Å². The number of carbonyl (C=O) groups excluding carboxylic acids is 2. The molecular weight excluding hydrogens is 412 g/mol. The van der Waals surface area contributed by atoms with E-state index in [2.05, 4.69) is 19.9 Å². The molecule has 0 amide bonds. The van der Waals surface area contributed by atoms with Crippen molar-refractivity contribution in [3.63, 3.8) is 0 Å². The second-order valence-electron chi connectivity index (χ2n) is 11.5. The smallest absolute Gasteiger partial charge is 0.309 e. The van der Waals surface area contributed by atoms with Crippen LogP contribution in [0.15, 0.2) is 42.0 Å². The molecule has 1 aromatic carbocycles. The number of carbonyl (C=O) groups is 2. The SMILES string of the molecule is CC(=O)OC1CC[C@@]2(C)C(=CC[C@@H]3[C@@H]2CC[C@]2(C)C(C(=O)OCc4ccccc4)CC[C@@H]32)C1. The molecule has 0 heterocycles. The molecule has 4 heteroatoms. The number of esters is 2. The molecule has 0 N–H and O–H groups in total. The first-order valence-corrected chi connectivity index (χ1v) is 12.9. The van der Waals surface area contributed by atoms with Crippen molar-refractivity contribution in [3.8, 4) is 0 Å². The van der Waals surface area contributed by atoms with Crippen molar-refractivity contribution in [1.29, 1.82) is 0 Å². The Kier molecular flexibility index (Phi) is 5.91. The summed E-state index contributed by atoms with van der Waals surface area (Å²) in [6.45, 7) is 6.72. The summed E-state index contributed by atoms with van der Waals surface area (Å²) in [6, 6.07) is 9.99. The molecule has 0 saturated heterocycles. The summed E-state index contributed by atoms with van der Waals surface area (Å²) in [5, 5.41) is 0. The molecule has 1 aromatic rings. The Morgan fingerprint density at radius 3 is 2.55 bits per heavy atom. The van der Waals surface area contributed by atoms with Crippen molar-refractivity contribution in [3.05, 3.63) is 47.5 Å². The zero-order valence-electron chi connectivity index (χ0n) is 20.3. The number of allylic oxidation sites excluding steroid dienone is 1. The van der Waals surface area contributed by atoms with Gasteiger partial charge in [-0.15, -0.1) is 0 Å². The summed E-state index contributed by atoms with van der Waals surface area (Å²) >= 11 is 0. The Labute approximate surface area is 198 Å². The van der Waals surface area contributed by atoms with Crippen molar-refractivity contribution in [1.82, 2.24) is 0 Å². The Hall–Kier alpha value is -2.10. The van der Waals surface area contributed by atoms with Crippen LogP contribution in [0, 0.1) is 34.5 Å². The van der Waals surface area contributed by atoms with Gasteiger partial charge >= 0.3 is 11.9 Å². The quantitative estimate of drug-likeness (QED) is 0.402. The highest BCUT2D eigenvalue weighted by molar-refractivity contribution is 5.74. The summed E-state index contributed by atoms with van der Waals surface area (Å²) in [5.74, 6) is 1.77. The predicted molar refractivity (Wildman–Crippen MR) is 127 cm³/mol. The van der Waals surface area contributed by atoms with E-state index in [1.807, 2.05) is 30.3 Å². The molecule has 0 bridgehead atoms. The van der Waals surface area contributed by atoms with Gasteiger partial charge in [-0.3, -0.25) is 9.59 Å². The maximum absolute atomic E-state index is 13.2. The summed E-state index contributed by atoms with van der Waals surface area (Å²) in [7, 11) is 0. The highest BCUT2D eigenvalue weighted by atomic mass is 16.5. The first-order chi connectivity index (χ1) is 15.8. The number of ether oxygens (including phenoxy) is 2. The van der Waals surface area contributed by atoms with Crippen LogP contribution in [0.25, 0.3) is 0 Å². The van der Waals surface area contributed by atoms with Gasteiger partial charge in [0.2, 0.25) is 0 Å². The van der Waals surface area contributed by atoms with Crippen molar-refractivity contribution in [2.45, 2.75) is 84.8 Å². The van der Waals surface area contributed by atoms with Crippen LogP contribution >= 0.6 is 0 Å². The Morgan fingerprint density at radius 1 is 1.00 bits per heavy atom. The lowest BCUT2D eigenvalue weighted by Gasteiger charge is -2.57. The molecule has 7 atom stereocenters. The van der Waals surface area contributed by atoms with Crippen LogP contribution in [-0.4, -0.2) is 18.0 Å². The minimum absolute atomic E-state index is 0.00226. The van der Waals surface area contributed by atoms with E-state index in [-0.39, 0.29) is 34.8 Å². The summed E-state index contributed by atoms with van der Waals surface area (Å²) in [4.78, 5) is 24.7. The van der Waals surface area contributed by atoms with Crippen LogP contribution < -0.4 is 0 Å². The van der Waals surface area contributed by atoms with E-state index in [1.54, 1.807) is 0 Å². The third-order valence-electron chi connectivity index (χ3n) is 9.90. The van der Waals surface area contributed by atoms with E-state index in [0.29, 0.717) is 24.4 Å². The molecule has 178 valence electrons. The van der Waals surface area contributed by atoms with E-state index < -0.39 is 0 Å². The number of fused-ring (bicyclic) bond motifs is 5. The van der Waals surface area contributed by atoms with Gasteiger partial charge in [-0.05, 0) is 79.1 Å². The van der Waals surface area contributed by atoms with Gasteiger partial charge in [0.1, 0.15) is 12.7 Å². The number of hydrogen-bond donors (Lipinski definition) is 0. The molecule has 3 saturated carbocycles. The first-order valence-electron chi connectivity index (χ1n) is 12.9. The van der Waals surface area contributed by atoms with Crippen LogP contribution in [0.1, 0.15) is 77.7 Å². The highest BCUT2D eigenvalue weighted by Gasteiger charge is 2.60. The third kappa shape index (κ3) is 3.94. The van der Waals surface area contributed by atoms with Gasteiger partial charge < -0.3 is 9.47 Å². The van der Waals surface area contributed by atoms with Crippen molar-refractivity contribution in [2.24, 2.45) is 34.5 Å². The van der Waals surface area contributed by atoms with Gasteiger partial charge in [0, 0.05) is 13.3 Å². The Morgan fingerprint density at radius 2 is 1.79 bits per heavy atom. The van der Waals surface area contributed by atoms with Crippen molar-refractivity contribution >= 4 is 11.9 Å². The van der Waals surface area contributed by atoms with Crippen molar-refractivity contribution in [2.75, 3.05) is 0 Å². The molecule has 4 nitrogen and oxygen atoms in total. The van der Waals surface area contributed by atoms with Crippen LogP contribution in [0.3, 0.4) is 0 Å². The first kappa shape index (κ1) is 22.7. The molecule has 0 radical (unpaired) electrons. The summed E-state index contributed by atoms with van der Waals surface area (Å²) < 4.78 is 11.4. The molecule has 33 heavy (non-hydrogen) atoms. The van der Waals surface area contributed by atoms with Gasteiger partial charge in [-0.1, -0.05) is 55.8 Å². The predicted octanol–water partition coefficient (Wildman–Crippen LogP) is 6.24. The molecule has 5 rings (SSSR count). The minimum atomic E-state index is -0.164. The number of benzene rings is 1. The standard InChI is InChI=1S/C29H38O4/c1-19(30)33-22-13-15-28(2)21(17-22)9-10-23-24-11-12-26(29(24,3)16-14-25(23)28)27(31)32-18-20-7-5-4-6-8-20/h4-9,22-26H,10-18H2,1-3H3/t22?,23-,24-,25-,26?,28-,29-/m0/s1. The lowest BCUT2D eigenvalue weighted by atomic mass is 9.47. The molecule has 0 spiro atoms. The topological polar surface area (TPSA) is 52.6 Å². The van der Waals surface area contributed by atoms with E-state index in [0.717, 1.165) is 50.5 Å². The van der Waals surface area contributed by atoms with E-state index in [4.69, 9.17) is 9.47 Å². The number of rotatable bonds is 4. The minimum Gasteiger partial charge on any atom is -0.462 e. The normalized spacial score (nSPS) is 39.5. The van der Waals surface area contributed by atoms with Gasteiger partial charge in [0.15, 0.2) is 0 Å². The largest absolute Gasteiger partial charge is 0.462 e. The fourth-order valence-corrected chi connectivity index (χ4v) is 8.18. The lowest BCUT2D eigenvalue weighted by molar-refractivity contribution is -0.157. The zero-order chi connectivity index (χ0) is 23.2.